The van der Waals surface area contributed by atoms with Crippen LogP contribution in [0.5, 0.6) is 0 Å². The van der Waals surface area contributed by atoms with Gasteiger partial charge >= 0.3 is 0 Å². The maximum absolute atomic E-state index is 2.60. The van der Waals surface area contributed by atoms with E-state index in [0.29, 0.717) is 6.17 Å². The number of unbranched alkanes of at least 4 members (excludes halogenated alkanes) is 11. The maximum atomic E-state index is 2.60. The molecule has 0 saturated carbocycles. The molecule has 0 radical (unpaired) electrons. The molecule has 1 atom stereocenters. The van der Waals surface area contributed by atoms with Crippen LogP contribution in [0.3, 0.4) is 0 Å². The number of benzene rings is 1. The monoisotopic (exact) mass is 384 g/mol. The molecular formula is C26H44N2. The second kappa shape index (κ2) is 14.5. The van der Waals surface area contributed by atoms with E-state index in [4.69, 9.17) is 0 Å². The maximum Gasteiger partial charge on any atom is 0.105 e. The van der Waals surface area contributed by atoms with Gasteiger partial charge in [0.2, 0.25) is 0 Å². The van der Waals surface area contributed by atoms with E-state index >= 15 is 0 Å². The summed E-state index contributed by atoms with van der Waals surface area (Å²) in [6.45, 7) is 5.79. The van der Waals surface area contributed by atoms with E-state index in [-0.39, 0.29) is 0 Å². The standard InChI is InChI=1S/C26H44N2/c1-3-5-7-9-10-11-13-18-22-27-23-24-28(25-19-15-14-16-20-25)26(27)21-17-12-8-6-4-2/h14-16,19-20,23-24,26H,3-13,17-18,21-22H2,1-2H3. The number of anilines is 1. The minimum Gasteiger partial charge on any atom is -0.356 e. The lowest BCUT2D eigenvalue weighted by atomic mass is 10.1. The Labute approximate surface area is 175 Å². The van der Waals surface area contributed by atoms with Gasteiger partial charge in [-0.05, 0) is 31.4 Å². The molecule has 1 aromatic carbocycles. The molecule has 0 fully saturated rings. The van der Waals surface area contributed by atoms with Crippen molar-refractivity contribution in [2.24, 2.45) is 0 Å². The van der Waals surface area contributed by atoms with Gasteiger partial charge in [0.25, 0.3) is 0 Å². The number of hydrogen-bond donors (Lipinski definition) is 0. The van der Waals surface area contributed by atoms with Crippen LogP contribution in [0.4, 0.5) is 5.69 Å². The summed E-state index contributed by atoms with van der Waals surface area (Å²) in [6.07, 6.45) is 24.4. The van der Waals surface area contributed by atoms with Crippen LogP contribution in [0.15, 0.2) is 42.7 Å². The molecule has 0 aromatic heterocycles. The molecule has 0 N–H and O–H groups in total. The molecule has 0 bridgehead atoms. The van der Waals surface area contributed by atoms with Crippen LogP contribution in [0.1, 0.15) is 104 Å². The van der Waals surface area contributed by atoms with Gasteiger partial charge in [-0.2, -0.15) is 0 Å². The first-order chi connectivity index (χ1) is 13.9. The largest absolute Gasteiger partial charge is 0.356 e. The van der Waals surface area contributed by atoms with Gasteiger partial charge < -0.3 is 9.80 Å². The second-order valence-corrected chi connectivity index (χ2v) is 8.44. The molecule has 0 spiro atoms. The molecule has 0 amide bonds. The van der Waals surface area contributed by atoms with E-state index in [9.17, 15) is 0 Å². The molecule has 158 valence electrons. The second-order valence-electron chi connectivity index (χ2n) is 8.44. The molecule has 2 nitrogen and oxygen atoms in total. The Bertz CT molecular complexity index is 510. The fourth-order valence-corrected chi connectivity index (χ4v) is 4.26. The Kier molecular flexibility index (Phi) is 11.9. The minimum atomic E-state index is 0.508. The Morgan fingerprint density at radius 3 is 1.86 bits per heavy atom. The Hall–Kier alpha value is -1.44. The van der Waals surface area contributed by atoms with Crippen molar-refractivity contribution in [3.05, 3.63) is 42.7 Å². The van der Waals surface area contributed by atoms with Crippen molar-refractivity contribution >= 4 is 5.69 Å². The molecule has 1 aliphatic rings. The highest BCUT2D eigenvalue weighted by molar-refractivity contribution is 5.51. The summed E-state index contributed by atoms with van der Waals surface area (Å²) >= 11 is 0. The zero-order chi connectivity index (χ0) is 19.9. The van der Waals surface area contributed by atoms with E-state index in [0.717, 1.165) is 0 Å². The van der Waals surface area contributed by atoms with Gasteiger partial charge in [-0.1, -0.05) is 103 Å². The zero-order valence-corrected chi connectivity index (χ0v) is 18.6. The van der Waals surface area contributed by atoms with Crippen molar-refractivity contribution < 1.29 is 0 Å². The van der Waals surface area contributed by atoms with Crippen molar-refractivity contribution in [1.82, 2.24) is 4.90 Å². The van der Waals surface area contributed by atoms with Gasteiger partial charge in [-0.3, -0.25) is 0 Å². The van der Waals surface area contributed by atoms with E-state index in [2.05, 4.69) is 66.4 Å². The molecule has 2 rings (SSSR count). The molecular weight excluding hydrogens is 340 g/mol. The van der Waals surface area contributed by atoms with Crippen LogP contribution in [0.25, 0.3) is 0 Å². The predicted molar refractivity (Wildman–Crippen MR) is 125 cm³/mol. The van der Waals surface area contributed by atoms with Crippen molar-refractivity contribution in [2.75, 3.05) is 11.4 Å². The highest BCUT2D eigenvalue weighted by Gasteiger charge is 2.26. The minimum absolute atomic E-state index is 0.508. The van der Waals surface area contributed by atoms with Crippen LogP contribution in [0.2, 0.25) is 0 Å². The van der Waals surface area contributed by atoms with Crippen LogP contribution < -0.4 is 4.90 Å². The number of hydrogen-bond acceptors (Lipinski definition) is 2. The third-order valence-corrected chi connectivity index (χ3v) is 6.01. The molecule has 0 saturated heterocycles. The smallest absolute Gasteiger partial charge is 0.105 e. The SMILES string of the molecule is CCCCCCCCCCN1C=CN(c2ccccc2)C1CCCCCCC. The molecule has 2 heteroatoms. The first-order valence-corrected chi connectivity index (χ1v) is 12.1. The number of rotatable bonds is 16. The molecule has 0 aliphatic carbocycles. The number of para-hydroxylation sites is 1. The van der Waals surface area contributed by atoms with Crippen molar-refractivity contribution in [3.8, 4) is 0 Å². The quantitative estimate of drug-likeness (QED) is 0.266. The zero-order valence-electron chi connectivity index (χ0n) is 18.6. The van der Waals surface area contributed by atoms with Crippen LogP contribution in [-0.2, 0) is 0 Å². The van der Waals surface area contributed by atoms with Gasteiger partial charge in [0.05, 0.1) is 0 Å². The van der Waals surface area contributed by atoms with E-state index < -0.39 is 0 Å². The topological polar surface area (TPSA) is 6.48 Å². The molecule has 28 heavy (non-hydrogen) atoms. The lowest BCUT2D eigenvalue weighted by molar-refractivity contribution is 0.273. The van der Waals surface area contributed by atoms with Crippen molar-refractivity contribution in [1.29, 1.82) is 0 Å². The predicted octanol–water partition coefficient (Wildman–Crippen LogP) is 8.11. The third-order valence-electron chi connectivity index (χ3n) is 6.01. The average molecular weight is 385 g/mol. The van der Waals surface area contributed by atoms with Gasteiger partial charge in [0.15, 0.2) is 0 Å². The molecule has 1 aliphatic heterocycles. The Balaban J connectivity index is 1.76. The van der Waals surface area contributed by atoms with Crippen LogP contribution >= 0.6 is 0 Å². The van der Waals surface area contributed by atoms with E-state index in [1.165, 1.54) is 102 Å². The van der Waals surface area contributed by atoms with Gasteiger partial charge in [0, 0.05) is 24.6 Å². The lowest BCUT2D eigenvalue weighted by Gasteiger charge is -2.33. The first-order valence-electron chi connectivity index (χ1n) is 12.1. The van der Waals surface area contributed by atoms with Gasteiger partial charge in [-0.15, -0.1) is 0 Å². The average Bonchev–Trinajstić information content (AvgIpc) is 3.13. The van der Waals surface area contributed by atoms with Crippen LogP contribution in [-0.4, -0.2) is 17.6 Å². The molecule has 1 unspecified atom stereocenters. The van der Waals surface area contributed by atoms with E-state index in [1.807, 2.05) is 0 Å². The summed E-state index contributed by atoms with van der Waals surface area (Å²) in [7, 11) is 0. The Morgan fingerprint density at radius 1 is 0.643 bits per heavy atom. The Morgan fingerprint density at radius 2 is 1.21 bits per heavy atom. The summed E-state index contributed by atoms with van der Waals surface area (Å²) in [6, 6.07) is 10.9. The summed E-state index contributed by atoms with van der Waals surface area (Å²) in [5, 5.41) is 0. The fraction of sp³-hybridized carbons (Fsp3) is 0.692. The van der Waals surface area contributed by atoms with E-state index in [1.54, 1.807) is 0 Å². The lowest BCUT2D eigenvalue weighted by Crippen LogP contribution is -2.39. The number of nitrogens with zero attached hydrogens (tertiary/aromatic N) is 2. The van der Waals surface area contributed by atoms with Crippen LogP contribution in [0, 0.1) is 0 Å². The third kappa shape index (κ3) is 8.29. The first kappa shape index (κ1) is 22.8. The summed E-state index contributed by atoms with van der Waals surface area (Å²) in [5.41, 5.74) is 1.33. The summed E-state index contributed by atoms with van der Waals surface area (Å²) in [4.78, 5) is 5.09. The van der Waals surface area contributed by atoms with Crippen molar-refractivity contribution in [3.63, 3.8) is 0 Å². The summed E-state index contributed by atoms with van der Waals surface area (Å²) < 4.78 is 0. The highest BCUT2D eigenvalue weighted by atomic mass is 15.4. The fourth-order valence-electron chi connectivity index (χ4n) is 4.26. The molecule has 1 aromatic rings. The van der Waals surface area contributed by atoms with Gasteiger partial charge in [-0.25, -0.2) is 0 Å². The normalized spacial score (nSPS) is 16.3. The van der Waals surface area contributed by atoms with Gasteiger partial charge in [0.1, 0.15) is 6.17 Å². The molecule has 1 heterocycles. The highest BCUT2D eigenvalue weighted by Crippen LogP contribution is 2.28. The summed E-state index contributed by atoms with van der Waals surface area (Å²) in [5.74, 6) is 0. The van der Waals surface area contributed by atoms with Crippen molar-refractivity contribution in [2.45, 2.75) is 110 Å².